The first-order valence-electron chi connectivity index (χ1n) is 20.7. The first-order valence-corrected chi connectivity index (χ1v) is 21.6. The van der Waals surface area contributed by atoms with Crippen LogP contribution in [0.4, 0.5) is 20.4 Å². The van der Waals surface area contributed by atoms with Crippen LogP contribution in [0.25, 0.3) is 22.3 Å². The number of carbonyl (C=O) groups is 5. The summed E-state index contributed by atoms with van der Waals surface area (Å²) in [6, 6.07) is 5.25. The van der Waals surface area contributed by atoms with E-state index < -0.39 is 65.0 Å². The van der Waals surface area contributed by atoms with E-state index in [9.17, 15) is 29.1 Å². The molecule has 1 saturated heterocycles. The van der Waals surface area contributed by atoms with Crippen molar-refractivity contribution in [2.45, 2.75) is 121 Å². The van der Waals surface area contributed by atoms with Crippen molar-refractivity contribution >= 4 is 63.0 Å². The van der Waals surface area contributed by atoms with Gasteiger partial charge in [-0.1, -0.05) is 26.8 Å². The number of nitrogens with one attached hydrogen (secondary N) is 3. The molecule has 5 atom stereocenters. The molecular formula is C43H55N7O9S. The Morgan fingerprint density at radius 2 is 1.63 bits per heavy atom. The Kier molecular flexibility index (Phi) is 12.3. The molecule has 16 nitrogen and oxygen atoms in total. The van der Waals surface area contributed by atoms with E-state index in [4.69, 9.17) is 19.2 Å². The van der Waals surface area contributed by atoms with Gasteiger partial charge < -0.3 is 39.8 Å². The van der Waals surface area contributed by atoms with E-state index in [1.807, 2.05) is 58.0 Å². The molecule has 17 heteroatoms. The maximum absolute atomic E-state index is 14.7. The summed E-state index contributed by atoms with van der Waals surface area (Å²) in [6.07, 6.45) is 6.54. The highest BCUT2D eigenvalue weighted by Crippen LogP contribution is 2.45. The minimum Gasteiger partial charge on any atom is -0.488 e. The summed E-state index contributed by atoms with van der Waals surface area (Å²) in [4.78, 5) is 80.0. The fraction of sp³-hybridized carbons (Fsp3) is 0.558. The van der Waals surface area contributed by atoms with Crippen LogP contribution in [-0.4, -0.2) is 107 Å². The maximum atomic E-state index is 14.7. The van der Waals surface area contributed by atoms with Crippen LogP contribution >= 0.6 is 11.3 Å². The molecule has 3 saturated carbocycles. The average Bonchev–Trinajstić information content (AvgIpc) is 3.83. The van der Waals surface area contributed by atoms with Crippen molar-refractivity contribution in [1.29, 1.82) is 0 Å². The van der Waals surface area contributed by atoms with Crippen LogP contribution in [0.5, 0.6) is 5.75 Å². The second-order valence-corrected chi connectivity index (χ2v) is 18.5. The van der Waals surface area contributed by atoms with Crippen molar-refractivity contribution in [1.82, 2.24) is 25.5 Å². The Bertz CT molecular complexity index is 2140. The molecule has 0 bridgehead atoms. The predicted octanol–water partition coefficient (Wildman–Crippen LogP) is 6.49. The smallest absolute Gasteiger partial charge is 0.413 e. The van der Waals surface area contributed by atoms with E-state index in [2.05, 4.69) is 27.5 Å². The van der Waals surface area contributed by atoms with Crippen LogP contribution < -0.4 is 25.6 Å². The number of alkyl carbamates (subject to hydrolysis) is 1. The Hall–Kier alpha value is -5.45. The number of fused-ring (bicyclic) bond motifs is 1. The van der Waals surface area contributed by atoms with Crippen molar-refractivity contribution in [2.24, 2.45) is 11.3 Å². The Morgan fingerprint density at radius 3 is 2.23 bits per heavy atom. The van der Waals surface area contributed by atoms with Gasteiger partial charge in [-0.25, -0.2) is 24.4 Å². The standard InChI is InChI=1S/C43H55N7O9S/c1-7-24-21-43(24,38(53)54)48-36(51)33-19-28(22-50(33)37(52)35(42(2,3)4)46-40(55)58-26-12-8-9-13-26)57-34-20-31(44-30-18-25(49(5)6)16-17-29(30)34)32-23-60-39(45-32)47-41(56)59-27-14-10-11-15-27/h7,16-18,20,23-24,26-28,33,35H,1,8-15,19,21-22H2,2-6H3,(H,46,55)(H,48,51)(H,53,54)(H,45,47,56)/t24-,28?,33+,35-,43-/m1/s1. The monoisotopic (exact) mass is 845 g/mol. The zero-order valence-corrected chi connectivity index (χ0v) is 35.6. The second kappa shape index (κ2) is 17.3. The number of amides is 4. The zero-order chi connectivity index (χ0) is 42.9. The zero-order valence-electron chi connectivity index (χ0n) is 34.8. The lowest BCUT2D eigenvalue weighted by Crippen LogP contribution is -2.59. The van der Waals surface area contributed by atoms with Gasteiger partial charge in [-0.2, -0.15) is 0 Å². The first-order chi connectivity index (χ1) is 28.5. The number of nitrogens with zero attached hydrogens (tertiary/aromatic N) is 4. The minimum atomic E-state index is -1.53. The molecule has 3 aliphatic carbocycles. The van der Waals surface area contributed by atoms with Gasteiger partial charge in [0.15, 0.2) is 5.13 Å². The number of carboxylic acid groups (broad SMARTS) is 1. The number of thiazole rings is 1. The van der Waals surface area contributed by atoms with Crippen LogP contribution in [0, 0.1) is 11.3 Å². The highest BCUT2D eigenvalue weighted by molar-refractivity contribution is 7.14. The normalized spacial score (nSPS) is 23.5. The number of rotatable bonds is 13. The molecule has 322 valence electrons. The number of pyridine rings is 1. The number of carbonyl (C=O) groups excluding carboxylic acids is 4. The molecule has 1 aromatic carbocycles. The van der Waals surface area contributed by atoms with Crippen molar-refractivity contribution in [3.8, 4) is 17.1 Å². The van der Waals surface area contributed by atoms with E-state index in [0.717, 1.165) is 57.1 Å². The number of benzene rings is 1. The number of carboxylic acids is 1. The van der Waals surface area contributed by atoms with Gasteiger partial charge in [0.2, 0.25) is 11.8 Å². The summed E-state index contributed by atoms with van der Waals surface area (Å²) in [5.41, 5.74) is 0.110. The summed E-state index contributed by atoms with van der Waals surface area (Å²) in [5.74, 6) is -2.41. The molecule has 1 unspecified atom stereocenters. The molecule has 3 aromatic rings. The number of hydrogen-bond donors (Lipinski definition) is 4. The van der Waals surface area contributed by atoms with Crippen LogP contribution in [-0.2, 0) is 23.9 Å². The van der Waals surface area contributed by atoms with E-state index in [1.54, 1.807) is 11.4 Å². The highest BCUT2D eigenvalue weighted by Gasteiger charge is 2.61. The van der Waals surface area contributed by atoms with Gasteiger partial charge in [-0.15, -0.1) is 17.9 Å². The summed E-state index contributed by atoms with van der Waals surface area (Å²) < 4.78 is 18.0. The van der Waals surface area contributed by atoms with E-state index in [-0.39, 0.29) is 31.6 Å². The van der Waals surface area contributed by atoms with Crippen molar-refractivity contribution in [2.75, 3.05) is 30.9 Å². The van der Waals surface area contributed by atoms with Gasteiger partial charge in [0.1, 0.15) is 47.4 Å². The fourth-order valence-electron chi connectivity index (χ4n) is 8.41. The van der Waals surface area contributed by atoms with Gasteiger partial charge in [-0.05, 0) is 81.4 Å². The topological polar surface area (TPSA) is 202 Å². The Morgan fingerprint density at radius 1 is 0.967 bits per heavy atom. The van der Waals surface area contributed by atoms with Gasteiger partial charge >= 0.3 is 18.2 Å². The predicted molar refractivity (Wildman–Crippen MR) is 226 cm³/mol. The third-order valence-electron chi connectivity index (χ3n) is 11.9. The SMILES string of the molecule is C=C[C@@H]1C[C@]1(NC(=O)[C@@H]1CC(Oc2cc(-c3csc(NC(=O)OC4CCCC4)n3)nc3cc(N(C)C)ccc23)CN1C(=O)[C@@H](NC(=O)OC1CCCC1)C(C)(C)C)C(=O)O. The van der Waals surface area contributed by atoms with Gasteiger partial charge in [0, 0.05) is 49.0 Å². The minimum absolute atomic E-state index is 0.0260. The maximum Gasteiger partial charge on any atom is 0.413 e. The number of anilines is 2. The van der Waals surface area contributed by atoms with Crippen molar-refractivity contribution in [3.63, 3.8) is 0 Å². The van der Waals surface area contributed by atoms with Gasteiger partial charge in [0.05, 0.1) is 17.8 Å². The highest BCUT2D eigenvalue weighted by atomic mass is 32.1. The van der Waals surface area contributed by atoms with E-state index in [0.29, 0.717) is 33.2 Å². The summed E-state index contributed by atoms with van der Waals surface area (Å²) in [7, 11) is 3.84. The second-order valence-electron chi connectivity index (χ2n) is 17.6. The van der Waals surface area contributed by atoms with E-state index >= 15 is 0 Å². The van der Waals surface area contributed by atoms with Gasteiger partial charge in [-0.3, -0.25) is 14.9 Å². The average molecular weight is 846 g/mol. The fourth-order valence-corrected chi connectivity index (χ4v) is 9.10. The molecule has 3 heterocycles. The number of hydrogen-bond acceptors (Lipinski definition) is 12. The van der Waals surface area contributed by atoms with Crippen molar-refractivity contribution in [3.05, 3.63) is 42.3 Å². The van der Waals surface area contributed by atoms with Gasteiger partial charge in [0.25, 0.3) is 0 Å². The van der Waals surface area contributed by atoms with E-state index in [1.165, 1.54) is 22.3 Å². The number of ether oxygens (including phenoxy) is 3. The quantitative estimate of drug-likeness (QED) is 0.137. The lowest BCUT2D eigenvalue weighted by atomic mass is 9.85. The van der Waals surface area contributed by atoms with Crippen LogP contribution in [0.1, 0.15) is 85.0 Å². The Balaban J connectivity index is 1.18. The number of aliphatic carboxylic acids is 1. The van der Waals surface area contributed by atoms with Crippen LogP contribution in [0.2, 0.25) is 0 Å². The molecule has 0 radical (unpaired) electrons. The molecular weight excluding hydrogens is 791 g/mol. The summed E-state index contributed by atoms with van der Waals surface area (Å²) >= 11 is 1.23. The molecule has 2 aromatic heterocycles. The number of likely N-dealkylation sites (tertiary alicyclic amines) is 1. The molecule has 4 amide bonds. The molecule has 0 spiro atoms. The molecule has 1 aliphatic heterocycles. The third kappa shape index (κ3) is 9.30. The Labute approximate surface area is 353 Å². The summed E-state index contributed by atoms with van der Waals surface area (Å²) in [6.45, 7) is 9.13. The summed E-state index contributed by atoms with van der Waals surface area (Å²) in [5, 5.41) is 21.2. The van der Waals surface area contributed by atoms with Crippen molar-refractivity contribution < 1.29 is 43.3 Å². The molecule has 7 rings (SSSR count). The molecule has 4 N–H and O–H groups in total. The molecule has 4 aliphatic rings. The lowest BCUT2D eigenvalue weighted by Gasteiger charge is -2.35. The first kappa shape index (κ1) is 42.7. The lowest BCUT2D eigenvalue weighted by molar-refractivity contribution is -0.146. The molecule has 4 fully saturated rings. The van der Waals surface area contributed by atoms with Crippen LogP contribution in [0.3, 0.4) is 0 Å². The third-order valence-corrected chi connectivity index (χ3v) is 12.7. The van der Waals surface area contributed by atoms with Crippen LogP contribution in [0.15, 0.2) is 42.3 Å². The largest absolute Gasteiger partial charge is 0.488 e. The molecule has 60 heavy (non-hydrogen) atoms. The number of aromatic nitrogens is 2.